The van der Waals surface area contributed by atoms with E-state index in [2.05, 4.69) is 33.7 Å². The summed E-state index contributed by atoms with van der Waals surface area (Å²) in [6.07, 6.45) is 11.1. The Labute approximate surface area is 189 Å². The van der Waals surface area contributed by atoms with Crippen LogP contribution < -0.4 is 5.32 Å². The number of hydrogen-bond donors (Lipinski definition) is 1. The summed E-state index contributed by atoms with van der Waals surface area (Å²) in [5.74, 6) is 2.06. The predicted octanol–water partition coefficient (Wildman–Crippen LogP) is 4.02. The molecule has 156 valence electrons. The van der Waals surface area contributed by atoms with E-state index in [-0.39, 0.29) is 24.0 Å². The maximum Gasteiger partial charge on any atom is 0.194 e. The molecular weight excluding hydrogens is 483 g/mol. The van der Waals surface area contributed by atoms with Crippen LogP contribution in [-0.4, -0.2) is 45.5 Å². The Morgan fingerprint density at radius 1 is 1.32 bits per heavy atom. The molecule has 28 heavy (non-hydrogen) atoms. The predicted molar refractivity (Wildman–Crippen MR) is 128 cm³/mol. The number of guanidine groups is 1. The van der Waals surface area contributed by atoms with Crippen LogP contribution in [0.2, 0.25) is 0 Å². The van der Waals surface area contributed by atoms with Crippen LogP contribution in [0.3, 0.4) is 0 Å². The van der Waals surface area contributed by atoms with E-state index in [9.17, 15) is 0 Å². The highest BCUT2D eigenvalue weighted by Crippen LogP contribution is 2.27. The van der Waals surface area contributed by atoms with Gasteiger partial charge in [-0.3, -0.25) is 4.99 Å². The average Bonchev–Trinajstić information content (AvgIpc) is 3.25. The standard InChI is InChI=1S/C20H32N6S.HI/c1-4-21-20(23-11-7-8-13-26-14-12-22-16(26)2)25(3)15-19-24-17-9-5-6-10-18(17)27-19;/h12,14H,4-11,13,15H2,1-3H3,(H,21,23);1H. The highest BCUT2D eigenvalue weighted by Gasteiger charge is 2.16. The van der Waals surface area contributed by atoms with Crippen molar-refractivity contribution in [2.75, 3.05) is 20.1 Å². The van der Waals surface area contributed by atoms with E-state index in [1.165, 1.54) is 34.8 Å². The van der Waals surface area contributed by atoms with Crippen LogP contribution in [0.4, 0.5) is 0 Å². The number of thiazole rings is 1. The van der Waals surface area contributed by atoms with Crippen molar-refractivity contribution in [3.05, 3.63) is 33.8 Å². The minimum Gasteiger partial charge on any atom is -0.357 e. The lowest BCUT2D eigenvalue weighted by Crippen LogP contribution is -2.38. The molecule has 1 aliphatic carbocycles. The number of halogens is 1. The molecule has 0 saturated heterocycles. The summed E-state index contributed by atoms with van der Waals surface area (Å²) in [4.78, 5) is 17.7. The van der Waals surface area contributed by atoms with Gasteiger partial charge in [0.25, 0.3) is 0 Å². The third kappa shape index (κ3) is 6.43. The summed E-state index contributed by atoms with van der Waals surface area (Å²) in [5.41, 5.74) is 1.34. The van der Waals surface area contributed by atoms with Crippen molar-refractivity contribution in [3.8, 4) is 0 Å². The number of nitrogens with zero attached hydrogens (tertiary/aromatic N) is 5. The minimum absolute atomic E-state index is 0. The first-order valence-electron chi connectivity index (χ1n) is 10.1. The molecule has 2 heterocycles. The molecule has 0 aliphatic heterocycles. The van der Waals surface area contributed by atoms with E-state index >= 15 is 0 Å². The molecule has 0 amide bonds. The van der Waals surface area contributed by atoms with Crippen LogP contribution in [0.5, 0.6) is 0 Å². The van der Waals surface area contributed by atoms with Crippen LogP contribution in [0, 0.1) is 6.92 Å². The molecule has 0 spiro atoms. The largest absolute Gasteiger partial charge is 0.357 e. The second-order valence-corrected chi connectivity index (χ2v) is 8.32. The van der Waals surface area contributed by atoms with E-state index in [0.717, 1.165) is 57.2 Å². The van der Waals surface area contributed by atoms with Crippen molar-refractivity contribution in [2.24, 2.45) is 4.99 Å². The van der Waals surface area contributed by atoms with Crippen LogP contribution in [0.1, 0.15) is 54.0 Å². The zero-order valence-electron chi connectivity index (χ0n) is 17.3. The van der Waals surface area contributed by atoms with Gasteiger partial charge in [-0.1, -0.05) is 0 Å². The monoisotopic (exact) mass is 516 g/mol. The lowest BCUT2D eigenvalue weighted by Gasteiger charge is -2.21. The van der Waals surface area contributed by atoms with E-state index in [1.807, 2.05) is 30.7 Å². The van der Waals surface area contributed by atoms with Gasteiger partial charge in [0.05, 0.1) is 12.2 Å². The molecule has 6 nitrogen and oxygen atoms in total. The zero-order valence-corrected chi connectivity index (χ0v) is 20.4. The van der Waals surface area contributed by atoms with Crippen molar-refractivity contribution in [2.45, 2.75) is 65.5 Å². The third-order valence-corrected chi connectivity index (χ3v) is 6.09. The van der Waals surface area contributed by atoms with Crippen LogP contribution in [0.15, 0.2) is 17.4 Å². The second kappa shape index (κ2) is 11.7. The molecule has 1 N–H and O–H groups in total. The van der Waals surface area contributed by atoms with Crippen LogP contribution in [-0.2, 0) is 25.9 Å². The number of fused-ring (bicyclic) bond motifs is 1. The fraction of sp³-hybridized carbons (Fsp3) is 0.650. The molecule has 0 aromatic carbocycles. The van der Waals surface area contributed by atoms with Crippen LogP contribution >= 0.6 is 35.3 Å². The lowest BCUT2D eigenvalue weighted by molar-refractivity contribution is 0.473. The highest BCUT2D eigenvalue weighted by molar-refractivity contribution is 14.0. The quantitative estimate of drug-likeness (QED) is 0.249. The van der Waals surface area contributed by atoms with Gasteiger partial charge in [-0.05, 0) is 52.4 Å². The molecule has 0 atom stereocenters. The Morgan fingerprint density at radius 3 is 2.86 bits per heavy atom. The fourth-order valence-corrected chi connectivity index (χ4v) is 4.65. The number of nitrogens with one attached hydrogen (secondary N) is 1. The number of imidazole rings is 1. The number of unbranched alkanes of at least 4 members (excludes halogenated alkanes) is 1. The first-order chi connectivity index (χ1) is 13.2. The molecular formula is C20H33IN6S. The Balaban J connectivity index is 0.00000280. The molecule has 3 rings (SSSR count). The third-order valence-electron chi connectivity index (χ3n) is 4.95. The first-order valence-corrected chi connectivity index (χ1v) is 10.9. The number of aryl methyl sites for hydroxylation is 4. The number of aliphatic imine (C=N–C) groups is 1. The molecule has 0 radical (unpaired) electrons. The molecule has 0 fully saturated rings. The Kier molecular flexibility index (Phi) is 9.70. The second-order valence-electron chi connectivity index (χ2n) is 7.15. The number of aromatic nitrogens is 3. The minimum atomic E-state index is 0. The average molecular weight is 516 g/mol. The van der Waals surface area contributed by atoms with Gasteiger partial charge in [0.1, 0.15) is 10.8 Å². The van der Waals surface area contributed by atoms with Crippen molar-refractivity contribution < 1.29 is 0 Å². The van der Waals surface area contributed by atoms with Gasteiger partial charge in [0.2, 0.25) is 0 Å². The van der Waals surface area contributed by atoms with Gasteiger partial charge in [0.15, 0.2) is 5.96 Å². The fourth-order valence-electron chi connectivity index (χ4n) is 3.44. The summed E-state index contributed by atoms with van der Waals surface area (Å²) in [5, 5.41) is 4.63. The smallest absolute Gasteiger partial charge is 0.194 e. The molecule has 8 heteroatoms. The topological polar surface area (TPSA) is 58.3 Å². The SMILES string of the molecule is CCNC(=NCCCCn1ccnc1C)N(C)Cc1nc2c(s1)CCCC2.I. The Morgan fingerprint density at radius 2 is 2.14 bits per heavy atom. The summed E-state index contributed by atoms with van der Waals surface area (Å²) in [7, 11) is 2.11. The summed E-state index contributed by atoms with van der Waals surface area (Å²) >= 11 is 1.89. The van der Waals surface area contributed by atoms with E-state index in [1.54, 1.807) is 0 Å². The first kappa shape index (κ1) is 23.1. The Hall–Kier alpha value is -1.16. The molecule has 0 unspecified atom stereocenters. The molecule has 0 bridgehead atoms. The van der Waals surface area contributed by atoms with Gasteiger partial charge in [-0.25, -0.2) is 9.97 Å². The molecule has 2 aromatic rings. The van der Waals surface area contributed by atoms with E-state index < -0.39 is 0 Å². The summed E-state index contributed by atoms with van der Waals surface area (Å²) in [6.45, 7) is 7.73. The highest BCUT2D eigenvalue weighted by atomic mass is 127. The van der Waals surface area contributed by atoms with E-state index in [4.69, 9.17) is 9.98 Å². The zero-order chi connectivity index (χ0) is 19.1. The normalized spacial score (nSPS) is 13.8. The maximum absolute atomic E-state index is 4.87. The molecule has 1 aliphatic rings. The summed E-state index contributed by atoms with van der Waals surface area (Å²) in [6, 6.07) is 0. The lowest BCUT2D eigenvalue weighted by atomic mass is 10.0. The van der Waals surface area contributed by atoms with Gasteiger partial charge in [0, 0.05) is 44.0 Å². The maximum atomic E-state index is 4.87. The number of hydrogen-bond acceptors (Lipinski definition) is 4. The van der Waals surface area contributed by atoms with Crippen molar-refractivity contribution >= 4 is 41.3 Å². The van der Waals surface area contributed by atoms with Gasteiger partial charge in [-0.15, -0.1) is 35.3 Å². The van der Waals surface area contributed by atoms with Crippen LogP contribution in [0.25, 0.3) is 0 Å². The van der Waals surface area contributed by atoms with Crippen molar-refractivity contribution in [3.63, 3.8) is 0 Å². The number of rotatable bonds is 8. The van der Waals surface area contributed by atoms with Crippen molar-refractivity contribution in [1.82, 2.24) is 24.8 Å². The van der Waals surface area contributed by atoms with Crippen molar-refractivity contribution in [1.29, 1.82) is 0 Å². The molecule has 2 aromatic heterocycles. The molecule has 0 saturated carbocycles. The van der Waals surface area contributed by atoms with Gasteiger partial charge in [-0.2, -0.15) is 0 Å². The van der Waals surface area contributed by atoms with Gasteiger partial charge < -0.3 is 14.8 Å². The Bertz CT molecular complexity index is 730. The summed E-state index contributed by atoms with van der Waals surface area (Å²) < 4.78 is 2.20. The van der Waals surface area contributed by atoms with Gasteiger partial charge >= 0.3 is 0 Å². The van der Waals surface area contributed by atoms with E-state index in [0.29, 0.717) is 0 Å².